The first-order valence-electron chi connectivity index (χ1n) is 7.39. The molecule has 0 atom stereocenters. The van der Waals surface area contributed by atoms with Crippen molar-refractivity contribution in [2.45, 2.75) is 20.8 Å². The summed E-state index contributed by atoms with van der Waals surface area (Å²) in [6, 6.07) is 23.8. The molecule has 3 rings (SSSR count). The fraction of sp³-hybridized carbons (Fsp3) is 0.143. The first-order valence-corrected chi connectivity index (χ1v) is 7.39. The van der Waals surface area contributed by atoms with E-state index in [4.69, 9.17) is 0 Å². The number of rotatable bonds is 2. The number of aryl methyl sites for hydroxylation is 3. The first-order chi connectivity index (χ1) is 10.2. The molecule has 0 nitrogen and oxygen atoms in total. The van der Waals surface area contributed by atoms with E-state index in [0.717, 1.165) is 0 Å². The predicted octanol–water partition coefficient (Wildman–Crippen LogP) is 5.95. The van der Waals surface area contributed by atoms with Crippen molar-refractivity contribution < 1.29 is 0 Å². The zero-order valence-electron chi connectivity index (χ0n) is 12.9. The van der Waals surface area contributed by atoms with Crippen LogP contribution in [0.3, 0.4) is 0 Å². The molecule has 3 aromatic rings. The second-order valence-corrected chi connectivity index (χ2v) is 5.69. The number of hydrogen-bond acceptors (Lipinski definition) is 0. The van der Waals surface area contributed by atoms with Crippen molar-refractivity contribution in [2.24, 2.45) is 0 Å². The molecule has 3 aromatic carbocycles. The number of hydrogen-bond donors (Lipinski definition) is 0. The Morgan fingerprint density at radius 3 is 1.71 bits per heavy atom. The van der Waals surface area contributed by atoms with Crippen molar-refractivity contribution in [3.8, 4) is 22.3 Å². The molecule has 0 unspecified atom stereocenters. The lowest BCUT2D eigenvalue weighted by Gasteiger charge is -2.16. The molecule has 0 aliphatic carbocycles. The van der Waals surface area contributed by atoms with Gasteiger partial charge in [0.2, 0.25) is 0 Å². The van der Waals surface area contributed by atoms with Gasteiger partial charge in [0.25, 0.3) is 0 Å². The predicted molar refractivity (Wildman–Crippen MR) is 91.5 cm³/mol. The molecule has 0 saturated heterocycles. The van der Waals surface area contributed by atoms with Crippen molar-refractivity contribution in [3.63, 3.8) is 0 Å². The summed E-state index contributed by atoms with van der Waals surface area (Å²) in [5.74, 6) is 0. The Hall–Kier alpha value is -2.34. The highest BCUT2D eigenvalue weighted by molar-refractivity contribution is 5.86. The summed E-state index contributed by atoms with van der Waals surface area (Å²) in [4.78, 5) is 0. The van der Waals surface area contributed by atoms with Gasteiger partial charge in [0.05, 0.1) is 0 Å². The highest BCUT2D eigenvalue weighted by Crippen LogP contribution is 2.36. The first kappa shape index (κ1) is 13.6. The molecule has 0 aliphatic rings. The maximum Gasteiger partial charge on any atom is -0.0100 e. The molecular formula is C21H20. The lowest BCUT2D eigenvalue weighted by atomic mass is 9.88. The Kier molecular flexibility index (Phi) is 3.62. The monoisotopic (exact) mass is 272 g/mol. The Bertz CT molecular complexity index is 744. The molecule has 0 heteroatoms. The third kappa shape index (κ3) is 2.62. The molecular weight excluding hydrogens is 252 g/mol. The molecule has 0 aliphatic heterocycles. The van der Waals surface area contributed by atoms with Gasteiger partial charge in [-0.1, -0.05) is 72.3 Å². The molecule has 0 aromatic heterocycles. The van der Waals surface area contributed by atoms with Gasteiger partial charge in [-0.15, -0.1) is 0 Å². The van der Waals surface area contributed by atoms with E-state index < -0.39 is 0 Å². The van der Waals surface area contributed by atoms with Crippen molar-refractivity contribution in [1.82, 2.24) is 0 Å². The van der Waals surface area contributed by atoms with Gasteiger partial charge in [0.15, 0.2) is 0 Å². The third-order valence-electron chi connectivity index (χ3n) is 3.96. The van der Waals surface area contributed by atoms with Crippen LogP contribution in [0.2, 0.25) is 0 Å². The van der Waals surface area contributed by atoms with E-state index in [2.05, 4.69) is 87.5 Å². The fourth-order valence-corrected chi connectivity index (χ4v) is 3.18. The van der Waals surface area contributed by atoms with E-state index >= 15 is 0 Å². The summed E-state index contributed by atoms with van der Waals surface area (Å²) < 4.78 is 0. The number of benzene rings is 3. The zero-order chi connectivity index (χ0) is 14.8. The highest BCUT2D eigenvalue weighted by Gasteiger charge is 2.11. The average Bonchev–Trinajstić information content (AvgIpc) is 2.48. The van der Waals surface area contributed by atoms with Crippen LogP contribution in [0.5, 0.6) is 0 Å². The van der Waals surface area contributed by atoms with E-state index in [1.165, 1.54) is 38.9 Å². The molecule has 0 radical (unpaired) electrons. The van der Waals surface area contributed by atoms with Crippen LogP contribution < -0.4 is 0 Å². The Labute approximate surface area is 127 Å². The van der Waals surface area contributed by atoms with Gasteiger partial charge >= 0.3 is 0 Å². The Morgan fingerprint density at radius 1 is 0.571 bits per heavy atom. The van der Waals surface area contributed by atoms with Crippen LogP contribution >= 0.6 is 0 Å². The average molecular weight is 272 g/mol. The van der Waals surface area contributed by atoms with Crippen LogP contribution in [0.4, 0.5) is 0 Å². The van der Waals surface area contributed by atoms with Gasteiger partial charge in [-0.2, -0.15) is 0 Å². The fourth-order valence-electron chi connectivity index (χ4n) is 3.18. The quantitative estimate of drug-likeness (QED) is 0.541. The minimum atomic E-state index is 1.27. The molecule has 0 spiro atoms. The molecule has 0 N–H and O–H groups in total. The minimum absolute atomic E-state index is 1.27. The van der Waals surface area contributed by atoms with Gasteiger partial charge in [-0.05, 0) is 54.2 Å². The van der Waals surface area contributed by atoms with E-state index in [1.54, 1.807) is 0 Å². The van der Waals surface area contributed by atoms with Crippen LogP contribution in [-0.4, -0.2) is 0 Å². The van der Waals surface area contributed by atoms with Crippen LogP contribution in [0.15, 0.2) is 66.7 Å². The third-order valence-corrected chi connectivity index (χ3v) is 3.96. The minimum Gasteiger partial charge on any atom is -0.0622 e. The van der Waals surface area contributed by atoms with E-state index in [-0.39, 0.29) is 0 Å². The smallest absolute Gasteiger partial charge is 0.0100 e. The second kappa shape index (κ2) is 5.57. The van der Waals surface area contributed by atoms with Gasteiger partial charge in [-0.3, -0.25) is 0 Å². The lowest BCUT2D eigenvalue weighted by molar-refractivity contribution is 1.32. The van der Waals surface area contributed by atoms with Crippen molar-refractivity contribution in [2.75, 3.05) is 0 Å². The van der Waals surface area contributed by atoms with Crippen LogP contribution in [-0.2, 0) is 0 Å². The standard InChI is InChI=1S/C21H20/c1-15-13-16(2)21(17(3)14-15)20-12-8-7-11-19(20)18-9-5-4-6-10-18/h4-14H,1-3H3. The van der Waals surface area contributed by atoms with Crippen molar-refractivity contribution in [3.05, 3.63) is 83.4 Å². The summed E-state index contributed by atoms with van der Waals surface area (Å²) in [6.07, 6.45) is 0. The van der Waals surface area contributed by atoms with Crippen molar-refractivity contribution >= 4 is 0 Å². The molecule has 0 fully saturated rings. The molecule has 0 bridgehead atoms. The topological polar surface area (TPSA) is 0 Å². The summed E-state index contributed by atoms with van der Waals surface area (Å²) in [6.45, 7) is 6.57. The molecule has 0 heterocycles. The van der Waals surface area contributed by atoms with Gasteiger partial charge in [0, 0.05) is 0 Å². The Morgan fingerprint density at radius 2 is 1.10 bits per heavy atom. The van der Waals surface area contributed by atoms with Crippen molar-refractivity contribution in [1.29, 1.82) is 0 Å². The highest BCUT2D eigenvalue weighted by atomic mass is 14.2. The molecule has 0 amide bonds. The van der Waals surface area contributed by atoms with Crippen LogP contribution in [0.25, 0.3) is 22.3 Å². The van der Waals surface area contributed by atoms with Crippen LogP contribution in [0, 0.1) is 20.8 Å². The van der Waals surface area contributed by atoms with Gasteiger partial charge in [0.1, 0.15) is 0 Å². The summed E-state index contributed by atoms with van der Waals surface area (Å²) in [5, 5.41) is 0. The molecule has 0 saturated carbocycles. The van der Waals surface area contributed by atoms with E-state index in [9.17, 15) is 0 Å². The summed E-state index contributed by atoms with van der Waals surface area (Å²) in [7, 11) is 0. The largest absolute Gasteiger partial charge is 0.0622 e. The van der Waals surface area contributed by atoms with Crippen LogP contribution in [0.1, 0.15) is 16.7 Å². The van der Waals surface area contributed by atoms with Gasteiger partial charge in [-0.25, -0.2) is 0 Å². The lowest BCUT2D eigenvalue weighted by Crippen LogP contribution is -1.92. The Balaban J connectivity index is 2.26. The second-order valence-electron chi connectivity index (χ2n) is 5.69. The maximum atomic E-state index is 2.27. The van der Waals surface area contributed by atoms with E-state index in [0.29, 0.717) is 0 Å². The summed E-state index contributed by atoms with van der Waals surface area (Å²) in [5.41, 5.74) is 9.26. The molecule has 21 heavy (non-hydrogen) atoms. The normalized spacial score (nSPS) is 10.6. The molecule has 104 valence electrons. The summed E-state index contributed by atoms with van der Waals surface area (Å²) >= 11 is 0. The SMILES string of the molecule is Cc1cc(C)c(-c2ccccc2-c2ccccc2)c(C)c1. The van der Waals surface area contributed by atoms with Gasteiger partial charge < -0.3 is 0 Å². The van der Waals surface area contributed by atoms with E-state index in [1.807, 2.05) is 0 Å². The zero-order valence-corrected chi connectivity index (χ0v) is 12.9. The maximum absolute atomic E-state index is 2.27.